The van der Waals surface area contributed by atoms with Gasteiger partial charge in [0.1, 0.15) is 12.6 Å². The van der Waals surface area contributed by atoms with E-state index in [9.17, 15) is 14.9 Å². The number of hydrogen-bond acceptors (Lipinski definition) is 6. The Labute approximate surface area is 221 Å². The van der Waals surface area contributed by atoms with Gasteiger partial charge in [0.15, 0.2) is 4.80 Å². The lowest BCUT2D eigenvalue weighted by molar-refractivity contribution is -0.139. The van der Waals surface area contributed by atoms with Gasteiger partial charge in [-0.1, -0.05) is 59.3 Å². The minimum Gasteiger partial charge on any atom is -0.463 e. The molecule has 0 saturated heterocycles. The average molecular weight is 531 g/mol. The molecule has 2 aromatic carbocycles. The lowest BCUT2D eigenvalue weighted by atomic mass is 9.96. The van der Waals surface area contributed by atoms with Crippen LogP contribution in [-0.2, 0) is 16.1 Å². The second-order valence-corrected chi connectivity index (χ2v) is 10.0. The second-order valence-electron chi connectivity index (χ2n) is 8.58. The van der Waals surface area contributed by atoms with Crippen molar-refractivity contribution in [1.29, 1.82) is 5.26 Å². The first-order valence-corrected chi connectivity index (χ1v) is 13.0. The third-order valence-corrected chi connectivity index (χ3v) is 7.83. The van der Waals surface area contributed by atoms with E-state index in [0.29, 0.717) is 25.6 Å². The number of allylic oxidation sites excluding steroid dienone is 1. The standard InChI is InChI=1S/C28H23ClN4O3S/c1-4-36-27(35)24-16(2)31-28-33(25(24)19-10-5-7-11-21(19)29)26(34)23(37-28)15-20-17(3)32(14-13-30)22-12-8-6-9-18(20)22/h5-12,15,25H,4,14H2,1-3H3/b23-15-/t25-/m1/s1. The summed E-state index contributed by atoms with van der Waals surface area (Å²) < 4.78 is 9.28. The Morgan fingerprint density at radius 2 is 1.95 bits per heavy atom. The molecular weight excluding hydrogens is 508 g/mol. The van der Waals surface area contributed by atoms with Crippen molar-refractivity contribution >= 4 is 45.9 Å². The maximum Gasteiger partial charge on any atom is 0.338 e. The molecule has 2 aromatic heterocycles. The minimum absolute atomic E-state index is 0.196. The zero-order valence-electron chi connectivity index (χ0n) is 20.5. The summed E-state index contributed by atoms with van der Waals surface area (Å²) in [5.74, 6) is -0.529. The number of aromatic nitrogens is 2. The van der Waals surface area contributed by atoms with Gasteiger partial charge in [-0.2, -0.15) is 5.26 Å². The smallest absolute Gasteiger partial charge is 0.338 e. The molecule has 0 aliphatic carbocycles. The highest BCUT2D eigenvalue weighted by Gasteiger charge is 2.34. The number of carbonyl (C=O) groups excluding carboxylic acids is 1. The first kappa shape index (κ1) is 24.8. The quantitative estimate of drug-likeness (QED) is 0.361. The summed E-state index contributed by atoms with van der Waals surface area (Å²) in [6.45, 7) is 5.82. The summed E-state index contributed by atoms with van der Waals surface area (Å²) in [5.41, 5.74) is 3.80. The van der Waals surface area contributed by atoms with Gasteiger partial charge in [-0.15, -0.1) is 0 Å². The summed E-state index contributed by atoms with van der Waals surface area (Å²) >= 11 is 7.83. The Bertz CT molecular complexity index is 1820. The lowest BCUT2D eigenvalue weighted by Crippen LogP contribution is -2.40. The molecule has 7 nitrogen and oxygen atoms in total. The Balaban J connectivity index is 1.79. The van der Waals surface area contributed by atoms with Crippen molar-refractivity contribution in [2.45, 2.75) is 33.4 Å². The van der Waals surface area contributed by atoms with Crippen molar-refractivity contribution in [1.82, 2.24) is 9.13 Å². The molecule has 9 heteroatoms. The van der Waals surface area contributed by atoms with Gasteiger partial charge in [0.2, 0.25) is 0 Å². The Kier molecular flexibility index (Phi) is 6.59. The largest absolute Gasteiger partial charge is 0.463 e. The number of carbonyl (C=O) groups is 1. The average Bonchev–Trinajstić information content (AvgIpc) is 3.33. The molecule has 37 heavy (non-hydrogen) atoms. The fourth-order valence-corrected chi connectivity index (χ4v) is 6.10. The summed E-state index contributed by atoms with van der Waals surface area (Å²) in [4.78, 5) is 32.1. The second kappa shape index (κ2) is 9.85. The number of benzene rings is 2. The molecule has 0 bridgehead atoms. The van der Waals surface area contributed by atoms with Crippen LogP contribution in [0.25, 0.3) is 17.0 Å². The van der Waals surface area contributed by atoms with E-state index in [1.807, 2.05) is 54.0 Å². The third-order valence-electron chi connectivity index (χ3n) is 6.50. The molecular formula is C28H23ClN4O3S. The number of rotatable bonds is 5. The van der Waals surface area contributed by atoms with Gasteiger partial charge in [0, 0.05) is 27.2 Å². The number of nitriles is 1. The van der Waals surface area contributed by atoms with Crippen LogP contribution in [0.4, 0.5) is 0 Å². The topological polar surface area (TPSA) is 89.4 Å². The number of esters is 1. The van der Waals surface area contributed by atoms with Crippen LogP contribution >= 0.6 is 22.9 Å². The fourth-order valence-electron chi connectivity index (χ4n) is 4.83. The third kappa shape index (κ3) is 4.10. The normalized spacial score (nSPS) is 15.4. The highest BCUT2D eigenvalue weighted by atomic mass is 35.5. The molecule has 1 atom stereocenters. The highest BCUT2D eigenvalue weighted by Crippen LogP contribution is 2.34. The lowest BCUT2D eigenvalue weighted by Gasteiger charge is -2.25. The first-order chi connectivity index (χ1) is 17.9. The van der Waals surface area contributed by atoms with Gasteiger partial charge >= 0.3 is 5.97 Å². The van der Waals surface area contributed by atoms with Gasteiger partial charge in [-0.05, 0) is 44.5 Å². The summed E-state index contributed by atoms with van der Waals surface area (Å²) in [7, 11) is 0. The van der Waals surface area contributed by atoms with Gasteiger partial charge in [-0.25, -0.2) is 9.79 Å². The SMILES string of the molecule is CCOC(=O)C1=C(C)N=c2s/c(=C\c3c(C)n(CC#N)c4ccccc34)c(=O)n2[C@@H]1c1ccccc1Cl. The van der Waals surface area contributed by atoms with Crippen molar-refractivity contribution in [3.8, 4) is 6.07 Å². The van der Waals surface area contributed by atoms with Crippen LogP contribution in [0.5, 0.6) is 0 Å². The molecule has 0 unspecified atom stereocenters. The predicted molar refractivity (Wildman–Crippen MR) is 144 cm³/mol. The number of ether oxygens (including phenoxy) is 1. The summed E-state index contributed by atoms with van der Waals surface area (Å²) in [6.07, 6.45) is 1.85. The van der Waals surface area contributed by atoms with E-state index in [1.54, 1.807) is 26.0 Å². The number of hydrogen-bond donors (Lipinski definition) is 0. The molecule has 0 saturated carbocycles. The molecule has 4 aromatic rings. The van der Waals surface area contributed by atoms with E-state index in [-0.39, 0.29) is 24.3 Å². The first-order valence-electron chi connectivity index (χ1n) is 11.8. The van der Waals surface area contributed by atoms with Crippen LogP contribution in [0.3, 0.4) is 0 Å². The van der Waals surface area contributed by atoms with Crippen molar-refractivity contribution in [2.75, 3.05) is 6.61 Å². The number of para-hydroxylation sites is 1. The van der Waals surface area contributed by atoms with E-state index in [0.717, 1.165) is 22.2 Å². The van der Waals surface area contributed by atoms with Gasteiger partial charge < -0.3 is 9.30 Å². The summed E-state index contributed by atoms with van der Waals surface area (Å²) in [5, 5.41) is 10.7. The van der Waals surface area contributed by atoms with Crippen LogP contribution in [0.15, 0.2) is 69.6 Å². The predicted octanol–water partition coefficient (Wildman–Crippen LogP) is 4.24. The van der Waals surface area contributed by atoms with Crippen LogP contribution in [0, 0.1) is 18.3 Å². The van der Waals surface area contributed by atoms with E-state index in [1.165, 1.54) is 15.9 Å². The molecule has 1 aliphatic rings. The van der Waals surface area contributed by atoms with Crippen molar-refractivity contribution < 1.29 is 9.53 Å². The number of nitrogens with zero attached hydrogens (tertiary/aromatic N) is 4. The van der Waals surface area contributed by atoms with E-state index in [2.05, 4.69) is 11.1 Å². The number of thiazole rings is 1. The minimum atomic E-state index is -0.771. The molecule has 0 N–H and O–H groups in total. The van der Waals surface area contributed by atoms with E-state index >= 15 is 0 Å². The molecule has 5 rings (SSSR count). The van der Waals surface area contributed by atoms with Crippen LogP contribution < -0.4 is 14.9 Å². The molecule has 0 amide bonds. The van der Waals surface area contributed by atoms with E-state index in [4.69, 9.17) is 16.3 Å². The van der Waals surface area contributed by atoms with Crippen LogP contribution in [0.1, 0.15) is 36.7 Å². The maximum absolute atomic E-state index is 13.9. The molecule has 3 heterocycles. The maximum atomic E-state index is 13.9. The molecule has 0 radical (unpaired) electrons. The zero-order valence-corrected chi connectivity index (χ0v) is 22.1. The van der Waals surface area contributed by atoms with E-state index < -0.39 is 12.0 Å². The monoisotopic (exact) mass is 530 g/mol. The Hall–Kier alpha value is -3.93. The highest BCUT2D eigenvalue weighted by molar-refractivity contribution is 7.07. The Morgan fingerprint density at radius 3 is 2.68 bits per heavy atom. The molecule has 0 spiro atoms. The Morgan fingerprint density at radius 1 is 1.22 bits per heavy atom. The number of fused-ring (bicyclic) bond motifs is 2. The molecule has 1 aliphatic heterocycles. The fraction of sp³-hybridized carbons (Fsp3) is 0.214. The summed E-state index contributed by atoms with van der Waals surface area (Å²) in [6, 6.07) is 16.4. The molecule has 186 valence electrons. The molecule has 0 fully saturated rings. The van der Waals surface area contributed by atoms with Gasteiger partial charge in [-0.3, -0.25) is 9.36 Å². The van der Waals surface area contributed by atoms with Gasteiger partial charge in [0.25, 0.3) is 5.56 Å². The van der Waals surface area contributed by atoms with Crippen molar-refractivity contribution in [2.24, 2.45) is 4.99 Å². The zero-order chi connectivity index (χ0) is 26.3. The van der Waals surface area contributed by atoms with Gasteiger partial charge in [0.05, 0.1) is 28.5 Å². The van der Waals surface area contributed by atoms with Crippen LogP contribution in [-0.4, -0.2) is 21.7 Å². The van der Waals surface area contributed by atoms with Crippen molar-refractivity contribution in [3.05, 3.63) is 101 Å². The number of halogens is 1. The van der Waals surface area contributed by atoms with Crippen LogP contribution in [0.2, 0.25) is 5.02 Å². The van der Waals surface area contributed by atoms with Crippen molar-refractivity contribution in [3.63, 3.8) is 0 Å².